The summed E-state index contributed by atoms with van der Waals surface area (Å²) in [6.45, 7) is 5.73. The van der Waals surface area contributed by atoms with Crippen LogP contribution in [0, 0.1) is 13.8 Å². The molecule has 2 atom stereocenters. The maximum atomic E-state index is 13.3. The zero-order valence-electron chi connectivity index (χ0n) is 21.7. The Morgan fingerprint density at radius 1 is 1.03 bits per heavy atom. The Hall–Kier alpha value is -4.29. The van der Waals surface area contributed by atoms with Crippen molar-refractivity contribution in [3.63, 3.8) is 0 Å². The first-order valence-corrected chi connectivity index (χ1v) is 12.7. The molecule has 0 aliphatic rings. The second-order valence-corrected chi connectivity index (χ2v) is 10.1. The molecule has 0 aliphatic heterocycles. The minimum absolute atomic E-state index is 0.0438. The molecule has 5 aromatic rings. The highest BCUT2D eigenvalue weighted by atomic mass is 16.4. The summed E-state index contributed by atoms with van der Waals surface area (Å²) in [5, 5.41) is 11.1. The maximum absolute atomic E-state index is 13.3. The van der Waals surface area contributed by atoms with Crippen molar-refractivity contribution in [2.45, 2.75) is 45.1 Å². The van der Waals surface area contributed by atoms with E-state index >= 15 is 0 Å². The number of fused-ring (bicyclic) bond motifs is 1. The molecule has 2 N–H and O–H groups in total. The van der Waals surface area contributed by atoms with Crippen LogP contribution in [0.5, 0.6) is 0 Å². The number of nitrogens with zero attached hydrogens (tertiary/aromatic N) is 1. The summed E-state index contributed by atoms with van der Waals surface area (Å²) >= 11 is 0. The lowest BCUT2D eigenvalue weighted by molar-refractivity contribution is -0.118. The van der Waals surface area contributed by atoms with Gasteiger partial charge < -0.3 is 14.5 Å². The van der Waals surface area contributed by atoms with Crippen molar-refractivity contribution in [2.75, 3.05) is 0 Å². The Morgan fingerprint density at radius 2 is 1.82 bits per heavy atom. The van der Waals surface area contributed by atoms with Crippen LogP contribution in [0.25, 0.3) is 11.1 Å². The van der Waals surface area contributed by atoms with Crippen LogP contribution in [-0.2, 0) is 16.8 Å². The number of rotatable bonds is 8. The molecule has 192 valence electrons. The zero-order chi connectivity index (χ0) is 26.9. The highest BCUT2D eigenvalue weighted by Gasteiger charge is 2.30. The number of pyridine rings is 2. The number of nitrogens with one attached hydrogen (secondary N) is 1. The van der Waals surface area contributed by atoms with Gasteiger partial charge in [0.15, 0.2) is 5.58 Å². The molecule has 2 aromatic carbocycles. The lowest BCUT2D eigenvalue weighted by Crippen LogP contribution is -2.24. The normalized spacial score (nSPS) is 13.8. The molecule has 6 heteroatoms. The molecular formula is C32H30N2O4. The standard InChI is InChI=1S/C32H30N2O4/c1-20-9-11-26(21(2)15-20)27(22-7-5-4-6-8-22)18-25(35)17-24-10-12-29-28(34-24)19-30(38-29)32(3,37)23-13-14-33-31(36)16-23/h4-16,19,27,37H,17-18H2,1-3H3,(H,33,36). The third-order valence-electron chi connectivity index (χ3n) is 7.06. The van der Waals surface area contributed by atoms with Gasteiger partial charge in [-0.3, -0.25) is 9.59 Å². The van der Waals surface area contributed by atoms with Crippen molar-refractivity contribution in [3.05, 3.63) is 135 Å². The van der Waals surface area contributed by atoms with Gasteiger partial charge in [-0.2, -0.15) is 0 Å². The number of ketones is 1. The second kappa shape index (κ2) is 10.2. The molecular weight excluding hydrogens is 476 g/mol. The van der Waals surface area contributed by atoms with E-state index in [9.17, 15) is 14.7 Å². The number of aromatic nitrogens is 2. The van der Waals surface area contributed by atoms with E-state index in [0.29, 0.717) is 28.8 Å². The third kappa shape index (κ3) is 5.22. The van der Waals surface area contributed by atoms with Crippen molar-refractivity contribution in [1.29, 1.82) is 0 Å². The first-order chi connectivity index (χ1) is 18.2. The lowest BCUT2D eigenvalue weighted by atomic mass is 9.84. The number of H-pyrrole nitrogens is 1. The molecule has 0 fully saturated rings. The van der Waals surface area contributed by atoms with Gasteiger partial charge in [-0.1, -0.05) is 54.1 Å². The number of hydrogen-bond donors (Lipinski definition) is 2. The van der Waals surface area contributed by atoms with Crippen molar-refractivity contribution in [3.8, 4) is 0 Å². The molecule has 0 bridgehead atoms. The SMILES string of the molecule is Cc1ccc(C(CC(=O)Cc2ccc3oc(C(C)(O)c4cc[nH]c(=O)c4)cc3n2)c2ccccc2)c(C)c1. The lowest BCUT2D eigenvalue weighted by Gasteiger charge is -2.20. The average Bonchev–Trinajstić information content (AvgIpc) is 3.33. The van der Waals surface area contributed by atoms with Crippen LogP contribution < -0.4 is 5.56 Å². The van der Waals surface area contributed by atoms with Crippen LogP contribution in [-0.4, -0.2) is 20.9 Å². The summed E-state index contributed by atoms with van der Waals surface area (Å²) in [5.74, 6) is 0.315. The highest BCUT2D eigenvalue weighted by Crippen LogP contribution is 2.33. The average molecular weight is 507 g/mol. The van der Waals surface area contributed by atoms with Gasteiger partial charge in [0.05, 0.1) is 0 Å². The van der Waals surface area contributed by atoms with Crippen LogP contribution in [0.15, 0.2) is 94.3 Å². The second-order valence-electron chi connectivity index (χ2n) is 10.1. The molecule has 3 aromatic heterocycles. The van der Waals surface area contributed by atoms with Gasteiger partial charge >= 0.3 is 0 Å². The molecule has 0 saturated carbocycles. The summed E-state index contributed by atoms with van der Waals surface area (Å²) in [4.78, 5) is 32.3. The summed E-state index contributed by atoms with van der Waals surface area (Å²) in [7, 11) is 0. The Balaban J connectivity index is 1.39. The van der Waals surface area contributed by atoms with E-state index < -0.39 is 5.60 Å². The Morgan fingerprint density at radius 3 is 2.55 bits per heavy atom. The largest absolute Gasteiger partial charge is 0.456 e. The van der Waals surface area contributed by atoms with Crippen LogP contribution in [0.1, 0.15) is 58.5 Å². The molecule has 0 saturated heterocycles. The number of carbonyl (C=O) groups is 1. The number of aliphatic hydroxyl groups is 1. The van der Waals surface area contributed by atoms with Gasteiger partial charge in [0.1, 0.15) is 22.7 Å². The molecule has 2 unspecified atom stereocenters. The molecule has 6 nitrogen and oxygen atoms in total. The third-order valence-corrected chi connectivity index (χ3v) is 7.06. The van der Waals surface area contributed by atoms with Crippen LogP contribution in [0.4, 0.5) is 0 Å². The van der Waals surface area contributed by atoms with Crippen molar-refractivity contribution in [1.82, 2.24) is 9.97 Å². The topological polar surface area (TPSA) is 96.2 Å². The van der Waals surface area contributed by atoms with Crippen molar-refractivity contribution < 1.29 is 14.3 Å². The van der Waals surface area contributed by atoms with Gasteiger partial charge in [-0.15, -0.1) is 0 Å². The van der Waals surface area contributed by atoms with Gasteiger partial charge in [0, 0.05) is 42.8 Å². The number of aryl methyl sites for hydroxylation is 2. The summed E-state index contributed by atoms with van der Waals surface area (Å²) < 4.78 is 5.88. The summed E-state index contributed by atoms with van der Waals surface area (Å²) in [5.41, 5.74) is 4.89. The summed E-state index contributed by atoms with van der Waals surface area (Å²) in [6, 6.07) is 24.7. The van der Waals surface area contributed by atoms with Crippen LogP contribution in [0.2, 0.25) is 0 Å². The first-order valence-electron chi connectivity index (χ1n) is 12.7. The van der Waals surface area contributed by atoms with Gasteiger partial charge in [-0.25, -0.2) is 4.98 Å². The number of furan rings is 1. The number of aromatic amines is 1. The first kappa shape index (κ1) is 25.4. The van der Waals surface area contributed by atoms with Crippen LogP contribution >= 0.6 is 0 Å². The van der Waals surface area contributed by atoms with Gasteiger partial charge in [0.25, 0.3) is 0 Å². The van der Waals surface area contributed by atoms with Crippen molar-refractivity contribution in [2.24, 2.45) is 0 Å². The van der Waals surface area contributed by atoms with Gasteiger partial charge in [-0.05, 0) is 61.2 Å². The number of benzene rings is 2. The van der Waals surface area contributed by atoms with E-state index in [1.807, 2.05) is 18.2 Å². The fourth-order valence-electron chi connectivity index (χ4n) is 5.01. The minimum Gasteiger partial charge on any atom is -0.456 e. The monoisotopic (exact) mass is 506 g/mol. The van der Waals surface area contributed by atoms with E-state index in [0.717, 1.165) is 11.1 Å². The number of Topliss-reactive ketones (excluding diaryl/α,β-unsaturated/α-hetero) is 1. The fourth-order valence-corrected chi connectivity index (χ4v) is 5.01. The number of hydrogen-bond acceptors (Lipinski definition) is 5. The predicted molar refractivity (Wildman–Crippen MR) is 147 cm³/mol. The van der Waals surface area contributed by atoms with E-state index in [4.69, 9.17) is 4.42 Å². The van der Waals surface area contributed by atoms with Gasteiger partial charge in [0.2, 0.25) is 5.56 Å². The highest BCUT2D eigenvalue weighted by molar-refractivity contribution is 5.83. The summed E-state index contributed by atoms with van der Waals surface area (Å²) in [6.07, 6.45) is 2.04. The van der Waals surface area contributed by atoms with E-state index in [1.54, 1.807) is 31.2 Å². The smallest absolute Gasteiger partial charge is 0.248 e. The molecule has 0 radical (unpaired) electrons. The molecule has 0 amide bonds. The zero-order valence-corrected chi connectivity index (χ0v) is 21.7. The Bertz CT molecular complexity index is 1660. The molecule has 0 spiro atoms. The maximum Gasteiger partial charge on any atom is 0.248 e. The number of carbonyl (C=O) groups excluding carboxylic acids is 1. The van der Waals surface area contributed by atoms with E-state index in [2.05, 4.69) is 54.1 Å². The predicted octanol–water partition coefficient (Wildman–Crippen LogP) is 5.72. The molecule has 5 rings (SSSR count). The Labute approximate surface area is 221 Å². The fraction of sp³-hybridized carbons (Fsp3) is 0.219. The Kier molecular flexibility index (Phi) is 6.83. The van der Waals surface area contributed by atoms with E-state index in [-0.39, 0.29) is 29.4 Å². The minimum atomic E-state index is -1.51. The van der Waals surface area contributed by atoms with E-state index in [1.165, 1.54) is 23.4 Å². The molecule has 0 aliphatic carbocycles. The van der Waals surface area contributed by atoms with Crippen molar-refractivity contribution >= 4 is 16.9 Å². The molecule has 3 heterocycles. The molecule has 38 heavy (non-hydrogen) atoms. The van der Waals surface area contributed by atoms with Crippen LogP contribution in [0.3, 0.4) is 0 Å². The quantitative estimate of drug-likeness (QED) is 0.281.